The predicted molar refractivity (Wildman–Crippen MR) is 104 cm³/mol. The standard InChI is InChI=1S/C20H23N3O2S/c1-15-13-16-5-2-3-6-17(16)23(15)19(24)14-21-8-10-22(11-9-21)20(25)18-7-4-12-26-18/h2-7,12,15H,8-11,13-14H2,1H3/t15-/m1/s1. The second-order valence-electron chi connectivity index (χ2n) is 6.99. The highest BCUT2D eigenvalue weighted by Crippen LogP contribution is 2.31. The number of thiophene rings is 1. The molecule has 1 saturated heterocycles. The van der Waals surface area contributed by atoms with Gasteiger partial charge in [-0.3, -0.25) is 14.5 Å². The highest BCUT2D eigenvalue weighted by molar-refractivity contribution is 7.12. The van der Waals surface area contributed by atoms with E-state index >= 15 is 0 Å². The van der Waals surface area contributed by atoms with Crippen molar-refractivity contribution in [2.45, 2.75) is 19.4 Å². The van der Waals surface area contributed by atoms with E-state index in [2.05, 4.69) is 17.9 Å². The summed E-state index contributed by atoms with van der Waals surface area (Å²) in [6, 6.07) is 12.1. The maximum absolute atomic E-state index is 12.9. The fraction of sp³-hybridized carbons (Fsp3) is 0.400. The first-order valence-corrected chi connectivity index (χ1v) is 9.96. The van der Waals surface area contributed by atoms with Gasteiger partial charge in [0.05, 0.1) is 11.4 Å². The maximum Gasteiger partial charge on any atom is 0.264 e. The van der Waals surface area contributed by atoms with E-state index in [0.29, 0.717) is 19.6 Å². The van der Waals surface area contributed by atoms with Gasteiger partial charge in [0.2, 0.25) is 5.91 Å². The van der Waals surface area contributed by atoms with Gasteiger partial charge in [-0.15, -0.1) is 11.3 Å². The van der Waals surface area contributed by atoms with Gasteiger partial charge in [0, 0.05) is 37.9 Å². The summed E-state index contributed by atoms with van der Waals surface area (Å²) in [5.41, 5.74) is 2.30. The lowest BCUT2D eigenvalue weighted by Gasteiger charge is -2.35. The molecule has 1 aromatic heterocycles. The van der Waals surface area contributed by atoms with Crippen LogP contribution in [0.25, 0.3) is 0 Å². The van der Waals surface area contributed by atoms with Gasteiger partial charge in [-0.05, 0) is 36.4 Å². The molecule has 0 spiro atoms. The number of piperazine rings is 1. The van der Waals surface area contributed by atoms with Crippen molar-refractivity contribution >= 4 is 28.8 Å². The molecule has 136 valence electrons. The van der Waals surface area contributed by atoms with Crippen molar-refractivity contribution in [1.29, 1.82) is 0 Å². The molecule has 0 bridgehead atoms. The third-order valence-electron chi connectivity index (χ3n) is 5.23. The Labute approximate surface area is 157 Å². The van der Waals surface area contributed by atoms with Crippen molar-refractivity contribution in [2.75, 3.05) is 37.6 Å². The molecule has 26 heavy (non-hydrogen) atoms. The lowest BCUT2D eigenvalue weighted by Crippen LogP contribution is -2.52. The Morgan fingerprint density at radius 3 is 2.58 bits per heavy atom. The quantitative estimate of drug-likeness (QED) is 0.835. The van der Waals surface area contributed by atoms with E-state index in [0.717, 1.165) is 30.1 Å². The van der Waals surface area contributed by atoms with Crippen LogP contribution in [0.4, 0.5) is 5.69 Å². The van der Waals surface area contributed by atoms with Crippen LogP contribution in [0.1, 0.15) is 22.2 Å². The molecule has 0 aliphatic carbocycles. The molecule has 0 unspecified atom stereocenters. The first-order valence-electron chi connectivity index (χ1n) is 9.08. The van der Waals surface area contributed by atoms with Gasteiger partial charge in [0.25, 0.3) is 5.91 Å². The van der Waals surface area contributed by atoms with Crippen LogP contribution in [0, 0.1) is 0 Å². The molecule has 6 heteroatoms. The van der Waals surface area contributed by atoms with Crippen LogP contribution in [0.15, 0.2) is 41.8 Å². The van der Waals surface area contributed by atoms with Crippen LogP contribution in [-0.4, -0.2) is 60.4 Å². The van der Waals surface area contributed by atoms with Gasteiger partial charge in [-0.2, -0.15) is 0 Å². The van der Waals surface area contributed by atoms with Crippen molar-refractivity contribution in [2.24, 2.45) is 0 Å². The van der Waals surface area contributed by atoms with E-state index in [4.69, 9.17) is 0 Å². The lowest BCUT2D eigenvalue weighted by molar-refractivity contribution is -0.120. The summed E-state index contributed by atoms with van der Waals surface area (Å²) in [6.45, 7) is 5.36. The Hall–Kier alpha value is -2.18. The average Bonchev–Trinajstić information content (AvgIpc) is 3.28. The number of benzene rings is 1. The van der Waals surface area contributed by atoms with Crippen molar-refractivity contribution in [1.82, 2.24) is 9.80 Å². The van der Waals surface area contributed by atoms with Gasteiger partial charge < -0.3 is 9.80 Å². The fourth-order valence-corrected chi connectivity index (χ4v) is 4.57. The zero-order chi connectivity index (χ0) is 18.1. The zero-order valence-corrected chi connectivity index (χ0v) is 15.7. The monoisotopic (exact) mass is 369 g/mol. The topological polar surface area (TPSA) is 43.9 Å². The van der Waals surface area contributed by atoms with E-state index in [1.165, 1.54) is 16.9 Å². The van der Waals surface area contributed by atoms with Crippen LogP contribution in [0.3, 0.4) is 0 Å². The largest absolute Gasteiger partial charge is 0.335 e. The third-order valence-corrected chi connectivity index (χ3v) is 6.08. The molecule has 0 N–H and O–H groups in total. The first kappa shape index (κ1) is 17.2. The van der Waals surface area contributed by atoms with Crippen LogP contribution >= 0.6 is 11.3 Å². The number of para-hydroxylation sites is 1. The number of hydrogen-bond donors (Lipinski definition) is 0. The second kappa shape index (κ2) is 7.21. The molecule has 2 amide bonds. The molecule has 1 fully saturated rings. The van der Waals surface area contributed by atoms with Gasteiger partial charge in [-0.1, -0.05) is 24.3 Å². The molecular formula is C20H23N3O2S. The van der Waals surface area contributed by atoms with Crippen LogP contribution in [-0.2, 0) is 11.2 Å². The second-order valence-corrected chi connectivity index (χ2v) is 7.94. The molecule has 2 aliphatic heterocycles. The summed E-state index contributed by atoms with van der Waals surface area (Å²) in [5.74, 6) is 0.258. The van der Waals surface area contributed by atoms with Crippen molar-refractivity contribution in [3.8, 4) is 0 Å². The number of rotatable bonds is 3. The highest BCUT2D eigenvalue weighted by atomic mass is 32.1. The molecule has 3 heterocycles. The summed E-state index contributed by atoms with van der Waals surface area (Å²) in [6.07, 6.45) is 0.922. The van der Waals surface area contributed by atoms with E-state index in [9.17, 15) is 9.59 Å². The molecule has 1 aromatic carbocycles. The third kappa shape index (κ3) is 3.27. The zero-order valence-electron chi connectivity index (χ0n) is 14.9. The minimum absolute atomic E-state index is 0.105. The summed E-state index contributed by atoms with van der Waals surface area (Å²) < 4.78 is 0. The summed E-state index contributed by atoms with van der Waals surface area (Å²) >= 11 is 1.48. The minimum atomic E-state index is 0.105. The molecule has 2 aromatic rings. The van der Waals surface area contributed by atoms with Crippen LogP contribution in [0.5, 0.6) is 0 Å². The lowest BCUT2D eigenvalue weighted by atomic mass is 10.1. The molecule has 1 atom stereocenters. The minimum Gasteiger partial charge on any atom is -0.335 e. The van der Waals surface area contributed by atoms with Gasteiger partial charge in [0.1, 0.15) is 0 Å². The molecular weight excluding hydrogens is 346 g/mol. The first-order chi connectivity index (χ1) is 12.6. The fourth-order valence-electron chi connectivity index (χ4n) is 3.88. The van der Waals surface area contributed by atoms with Gasteiger partial charge >= 0.3 is 0 Å². The molecule has 0 radical (unpaired) electrons. The predicted octanol–water partition coefficient (Wildman–Crippen LogP) is 2.48. The average molecular weight is 369 g/mol. The Kier molecular flexibility index (Phi) is 4.78. The number of carbonyl (C=O) groups excluding carboxylic acids is 2. The number of fused-ring (bicyclic) bond motifs is 1. The van der Waals surface area contributed by atoms with E-state index in [-0.39, 0.29) is 17.9 Å². The van der Waals surface area contributed by atoms with E-state index < -0.39 is 0 Å². The maximum atomic E-state index is 12.9. The van der Waals surface area contributed by atoms with Crippen molar-refractivity contribution in [3.05, 3.63) is 52.2 Å². The molecule has 4 rings (SSSR count). The van der Waals surface area contributed by atoms with E-state index in [1.54, 1.807) is 0 Å². The Morgan fingerprint density at radius 2 is 1.85 bits per heavy atom. The number of carbonyl (C=O) groups is 2. The SMILES string of the molecule is C[C@@H]1Cc2ccccc2N1C(=O)CN1CCN(C(=O)c2cccs2)CC1. The van der Waals surface area contributed by atoms with Crippen molar-refractivity contribution in [3.63, 3.8) is 0 Å². The molecule has 5 nitrogen and oxygen atoms in total. The van der Waals surface area contributed by atoms with Crippen LogP contribution < -0.4 is 4.90 Å². The van der Waals surface area contributed by atoms with E-state index in [1.807, 2.05) is 45.5 Å². The van der Waals surface area contributed by atoms with Crippen LogP contribution in [0.2, 0.25) is 0 Å². The smallest absolute Gasteiger partial charge is 0.264 e. The summed E-state index contributed by atoms with van der Waals surface area (Å²) in [7, 11) is 0. The Bertz CT molecular complexity index is 797. The highest BCUT2D eigenvalue weighted by Gasteiger charge is 2.32. The van der Waals surface area contributed by atoms with Gasteiger partial charge in [0.15, 0.2) is 0 Å². The van der Waals surface area contributed by atoms with Gasteiger partial charge in [-0.25, -0.2) is 0 Å². The number of hydrogen-bond acceptors (Lipinski definition) is 4. The number of amides is 2. The molecule has 2 aliphatic rings. The Balaban J connectivity index is 1.35. The number of anilines is 1. The normalized spacial score (nSPS) is 20.3. The summed E-state index contributed by atoms with van der Waals surface area (Å²) in [5, 5.41) is 1.93. The summed E-state index contributed by atoms with van der Waals surface area (Å²) in [4.78, 5) is 32.1. The molecule has 0 saturated carbocycles. The van der Waals surface area contributed by atoms with Crippen molar-refractivity contribution < 1.29 is 9.59 Å². The number of nitrogens with zero attached hydrogens (tertiary/aromatic N) is 3. The Morgan fingerprint density at radius 1 is 1.08 bits per heavy atom.